The lowest BCUT2D eigenvalue weighted by molar-refractivity contribution is 0.0951. The molecule has 0 bridgehead atoms. The summed E-state index contributed by atoms with van der Waals surface area (Å²) in [5, 5.41) is 7.91. The predicted octanol–water partition coefficient (Wildman–Crippen LogP) is 2.74. The molecule has 1 aromatic rings. The van der Waals surface area contributed by atoms with Gasteiger partial charge in [-0.3, -0.25) is 4.68 Å². The van der Waals surface area contributed by atoms with E-state index in [-0.39, 0.29) is 0 Å². The molecule has 4 nitrogen and oxygen atoms in total. The van der Waals surface area contributed by atoms with Gasteiger partial charge in [-0.05, 0) is 42.7 Å². The molecule has 1 saturated heterocycles. The van der Waals surface area contributed by atoms with Crippen LogP contribution in [-0.4, -0.2) is 29.5 Å². The number of halogens is 1. The lowest BCUT2D eigenvalue weighted by atomic mass is 9.91. The highest BCUT2D eigenvalue weighted by atomic mass is 79.9. The lowest BCUT2D eigenvalue weighted by Gasteiger charge is -2.26. The summed E-state index contributed by atoms with van der Waals surface area (Å²) in [6.07, 6.45) is 4.40. The zero-order valence-corrected chi connectivity index (χ0v) is 12.9. The van der Waals surface area contributed by atoms with Crippen molar-refractivity contribution < 1.29 is 4.74 Å². The van der Waals surface area contributed by atoms with E-state index < -0.39 is 0 Å². The maximum Gasteiger partial charge on any atom is 0.0699 e. The molecule has 1 aromatic heterocycles. The van der Waals surface area contributed by atoms with Crippen LogP contribution >= 0.6 is 15.9 Å². The highest BCUT2D eigenvalue weighted by Gasteiger charge is 2.34. The van der Waals surface area contributed by atoms with E-state index in [1.807, 2.05) is 13.2 Å². The standard InChI is InChI=1S/C13H22BrN3O/c1-4-6-17-13(11(14)8-16-17)12(15-3)10-5-7-18-9(10)2/h8-10,12,15H,4-7H2,1-3H3. The first kappa shape index (κ1) is 14.0. The third-order valence-corrected chi connectivity index (χ3v) is 4.35. The summed E-state index contributed by atoms with van der Waals surface area (Å²) in [5.74, 6) is 0.513. The number of rotatable bonds is 5. The number of hydrogen-bond donors (Lipinski definition) is 1. The van der Waals surface area contributed by atoms with Crippen LogP contribution in [0.4, 0.5) is 0 Å². The summed E-state index contributed by atoms with van der Waals surface area (Å²) in [7, 11) is 2.02. The minimum absolute atomic E-state index is 0.297. The van der Waals surface area contributed by atoms with Gasteiger partial charge in [0.2, 0.25) is 0 Å². The maximum atomic E-state index is 5.70. The quantitative estimate of drug-likeness (QED) is 0.908. The van der Waals surface area contributed by atoms with Crippen molar-refractivity contribution in [2.24, 2.45) is 5.92 Å². The van der Waals surface area contributed by atoms with Gasteiger partial charge in [0, 0.05) is 19.1 Å². The smallest absolute Gasteiger partial charge is 0.0699 e. The van der Waals surface area contributed by atoms with Crippen LogP contribution in [0.3, 0.4) is 0 Å². The van der Waals surface area contributed by atoms with Crippen molar-refractivity contribution in [1.82, 2.24) is 15.1 Å². The number of nitrogens with zero attached hydrogens (tertiary/aromatic N) is 2. The van der Waals surface area contributed by atoms with Crippen molar-refractivity contribution >= 4 is 15.9 Å². The van der Waals surface area contributed by atoms with Crippen LogP contribution in [0.15, 0.2) is 10.7 Å². The SMILES string of the molecule is CCCn1ncc(Br)c1C(NC)C1CCOC1C. The summed E-state index contributed by atoms with van der Waals surface area (Å²) in [6.45, 7) is 6.16. The van der Waals surface area contributed by atoms with Gasteiger partial charge in [0.05, 0.1) is 28.5 Å². The highest BCUT2D eigenvalue weighted by molar-refractivity contribution is 9.10. The fraction of sp³-hybridized carbons (Fsp3) is 0.769. The molecule has 0 aromatic carbocycles. The molecular weight excluding hydrogens is 294 g/mol. The predicted molar refractivity (Wildman–Crippen MR) is 75.5 cm³/mol. The minimum Gasteiger partial charge on any atom is -0.378 e. The van der Waals surface area contributed by atoms with E-state index in [9.17, 15) is 0 Å². The molecule has 0 spiro atoms. The summed E-state index contributed by atoms with van der Waals surface area (Å²) in [5.41, 5.74) is 1.25. The van der Waals surface area contributed by atoms with E-state index in [1.54, 1.807) is 0 Å². The summed E-state index contributed by atoms with van der Waals surface area (Å²) in [4.78, 5) is 0. The molecule has 102 valence electrons. The summed E-state index contributed by atoms with van der Waals surface area (Å²) >= 11 is 3.63. The molecule has 5 heteroatoms. The molecule has 1 N–H and O–H groups in total. The van der Waals surface area contributed by atoms with Crippen LogP contribution in [0.1, 0.15) is 38.4 Å². The Bertz CT molecular complexity index is 394. The molecule has 2 rings (SSSR count). The number of nitrogens with one attached hydrogen (secondary N) is 1. The molecule has 18 heavy (non-hydrogen) atoms. The Kier molecular flexibility index (Phi) is 4.81. The normalized spacial score (nSPS) is 25.6. The Morgan fingerprint density at radius 3 is 3.00 bits per heavy atom. The van der Waals surface area contributed by atoms with Gasteiger partial charge in [0.1, 0.15) is 0 Å². The molecule has 3 atom stereocenters. The fourth-order valence-electron chi connectivity index (χ4n) is 2.81. The van der Waals surface area contributed by atoms with Gasteiger partial charge in [-0.25, -0.2) is 0 Å². The monoisotopic (exact) mass is 315 g/mol. The van der Waals surface area contributed by atoms with E-state index in [1.165, 1.54) is 5.69 Å². The second-order valence-corrected chi connectivity index (χ2v) is 5.75. The molecule has 1 fully saturated rings. The third kappa shape index (κ3) is 2.63. The molecular formula is C13H22BrN3O. The zero-order valence-electron chi connectivity index (χ0n) is 11.3. The Morgan fingerprint density at radius 1 is 1.67 bits per heavy atom. The van der Waals surface area contributed by atoms with Crippen molar-refractivity contribution in [3.8, 4) is 0 Å². The van der Waals surface area contributed by atoms with Gasteiger partial charge < -0.3 is 10.1 Å². The van der Waals surface area contributed by atoms with Crippen molar-refractivity contribution in [2.75, 3.05) is 13.7 Å². The number of hydrogen-bond acceptors (Lipinski definition) is 3. The minimum atomic E-state index is 0.297. The highest BCUT2D eigenvalue weighted by Crippen LogP contribution is 2.36. The zero-order chi connectivity index (χ0) is 13.1. The van der Waals surface area contributed by atoms with E-state index in [0.29, 0.717) is 18.1 Å². The fourth-order valence-corrected chi connectivity index (χ4v) is 3.35. The Labute approximate surface area is 117 Å². The van der Waals surface area contributed by atoms with Crippen molar-refractivity contribution in [3.63, 3.8) is 0 Å². The van der Waals surface area contributed by atoms with E-state index >= 15 is 0 Å². The van der Waals surface area contributed by atoms with Gasteiger partial charge in [0.15, 0.2) is 0 Å². The number of aromatic nitrogens is 2. The number of ether oxygens (including phenoxy) is 1. The summed E-state index contributed by atoms with van der Waals surface area (Å²) in [6, 6.07) is 0.297. The van der Waals surface area contributed by atoms with Crippen LogP contribution < -0.4 is 5.32 Å². The first-order chi connectivity index (χ1) is 8.69. The second-order valence-electron chi connectivity index (χ2n) is 4.90. The van der Waals surface area contributed by atoms with Crippen molar-refractivity contribution in [2.45, 2.75) is 45.4 Å². The van der Waals surface area contributed by atoms with E-state index in [4.69, 9.17) is 4.74 Å². The van der Waals surface area contributed by atoms with Crippen LogP contribution in [0.2, 0.25) is 0 Å². The molecule has 0 radical (unpaired) electrons. The molecule has 1 aliphatic heterocycles. The van der Waals surface area contributed by atoms with Gasteiger partial charge >= 0.3 is 0 Å². The molecule has 3 unspecified atom stereocenters. The first-order valence-corrected chi connectivity index (χ1v) is 7.48. The van der Waals surface area contributed by atoms with Gasteiger partial charge in [-0.2, -0.15) is 5.10 Å². The van der Waals surface area contributed by atoms with Gasteiger partial charge in [-0.1, -0.05) is 6.92 Å². The van der Waals surface area contributed by atoms with Crippen LogP contribution in [0.25, 0.3) is 0 Å². The van der Waals surface area contributed by atoms with Crippen molar-refractivity contribution in [3.05, 3.63) is 16.4 Å². The van der Waals surface area contributed by atoms with Gasteiger partial charge in [-0.15, -0.1) is 0 Å². The average molecular weight is 316 g/mol. The van der Waals surface area contributed by atoms with Crippen LogP contribution in [0, 0.1) is 5.92 Å². The first-order valence-electron chi connectivity index (χ1n) is 6.69. The third-order valence-electron chi connectivity index (χ3n) is 3.74. The Balaban J connectivity index is 2.28. The van der Waals surface area contributed by atoms with Gasteiger partial charge in [0.25, 0.3) is 0 Å². The maximum absolute atomic E-state index is 5.70. The van der Waals surface area contributed by atoms with Crippen molar-refractivity contribution in [1.29, 1.82) is 0 Å². The van der Waals surface area contributed by atoms with E-state index in [0.717, 1.165) is 30.5 Å². The summed E-state index contributed by atoms with van der Waals surface area (Å²) < 4.78 is 8.90. The Hall–Kier alpha value is -0.390. The largest absolute Gasteiger partial charge is 0.378 e. The second kappa shape index (κ2) is 6.17. The van der Waals surface area contributed by atoms with Crippen LogP contribution in [-0.2, 0) is 11.3 Å². The molecule has 0 aliphatic carbocycles. The average Bonchev–Trinajstić information content (AvgIpc) is 2.91. The molecule has 0 amide bonds. The van der Waals surface area contributed by atoms with E-state index in [2.05, 4.69) is 44.9 Å². The number of aryl methyl sites for hydroxylation is 1. The Morgan fingerprint density at radius 2 is 2.44 bits per heavy atom. The molecule has 2 heterocycles. The lowest BCUT2D eigenvalue weighted by Crippen LogP contribution is -2.31. The topological polar surface area (TPSA) is 39.1 Å². The molecule has 0 saturated carbocycles. The molecule has 1 aliphatic rings. The van der Waals surface area contributed by atoms with Crippen LogP contribution in [0.5, 0.6) is 0 Å².